The molecule has 4 aliphatic rings. The van der Waals surface area contributed by atoms with Gasteiger partial charge >= 0.3 is 0 Å². The van der Waals surface area contributed by atoms with Crippen molar-refractivity contribution in [2.24, 2.45) is 0 Å². The average Bonchev–Trinajstić information content (AvgIpc) is 0.606. The Morgan fingerprint density at radius 1 is 0.283 bits per heavy atom. The summed E-state index contributed by atoms with van der Waals surface area (Å²) in [6.45, 7) is 28.7. The summed E-state index contributed by atoms with van der Waals surface area (Å²) in [5, 5.41) is 70.2. The molecular formula is C127H130N16O2. The first-order valence-electron chi connectivity index (χ1n) is 50.5. The van der Waals surface area contributed by atoms with Gasteiger partial charge in [-0.1, -0.05) is 232 Å². The molecule has 730 valence electrons. The summed E-state index contributed by atoms with van der Waals surface area (Å²) in [6, 6.07) is 133. The Bertz CT molecular complexity index is 6810. The van der Waals surface area contributed by atoms with Gasteiger partial charge in [-0.25, -0.2) is 0 Å². The van der Waals surface area contributed by atoms with E-state index in [1.165, 1.54) is 58.5 Å². The van der Waals surface area contributed by atoms with Crippen molar-refractivity contribution in [1.82, 2.24) is 9.80 Å². The van der Waals surface area contributed by atoms with Crippen LogP contribution in [0.25, 0.3) is 88.7 Å². The van der Waals surface area contributed by atoms with E-state index in [1.807, 2.05) is 196 Å². The Kier molecular flexibility index (Phi) is 41.0. The molecule has 1 N–H and O–H groups in total. The van der Waals surface area contributed by atoms with Gasteiger partial charge in [0.05, 0.1) is 108 Å². The number of hydrogen-bond donors (Lipinski definition) is 1. The third-order valence-electron chi connectivity index (χ3n) is 26.4. The van der Waals surface area contributed by atoms with Crippen LogP contribution in [-0.4, -0.2) is 162 Å². The minimum atomic E-state index is 0.707. The number of hydrogen-bond acceptors (Lipinski definition) is 18. The Balaban J connectivity index is 0.000000142. The third-order valence-corrected chi connectivity index (χ3v) is 26.4. The topological polar surface area (TPSA) is 223 Å². The van der Waals surface area contributed by atoms with Gasteiger partial charge < -0.3 is 49.1 Å². The quantitative estimate of drug-likeness (QED) is 0.0628. The lowest BCUT2D eigenvalue weighted by atomic mass is 9.97. The van der Waals surface area contributed by atoms with E-state index in [2.05, 4.69) is 292 Å². The lowest BCUT2D eigenvalue weighted by Crippen LogP contribution is -2.44. The molecule has 0 amide bonds. The summed E-state index contributed by atoms with van der Waals surface area (Å²) in [4.78, 5) is 18.7. The molecule has 4 fully saturated rings. The maximum atomic E-state index is 9.34. The zero-order valence-electron chi connectivity index (χ0n) is 84.7. The predicted molar refractivity (Wildman–Crippen MR) is 599 cm³/mol. The first-order chi connectivity index (χ1) is 71.2. The van der Waals surface area contributed by atoms with Gasteiger partial charge in [0.15, 0.2) is 0 Å². The molecule has 145 heavy (non-hydrogen) atoms. The molecule has 0 saturated carbocycles. The Labute approximate surface area is 859 Å². The molecule has 4 heterocycles. The van der Waals surface area contributed by atoms with E-state index >= 15 is 0 Å². The fraction of sp³-hybridized carbons (Fsp3) is 0.252. The summed E-state index contributed by atoms with van der Waals surface area (Å²) in [6.07, 6.45) is 6.24. The molecular weight excluding hydrogens is 1780 g/mol. The van der Waals surface area contributed by atoms with Crippen LogP contribution in [-0.2, 0) is 9.47 Å². The number of likely N-dealkylation sites (N-methyl/N-ethyl adjacent to an activating group) is 1. The van der Waals surface area contributed by atoms with Crippen LogP contribution in [0, 0.1) is 79.3 Å². The third kappa shape index (κ3) is 30.0. The highest BCUT2D eigenvalue weighted by molar-refractivity contribution is 5.91. The molecule has 0 aromatic heterocycles. The fourth-order valence-corrected chi connectivity index (χ4v) is 18.3. The summed E-state index contributed by atoms with van der Waals surface area (Å²) in [5.41, 5.74) is 28.2. The molecule has 4 aliphatic heterocycles. The zero-order valence-corrected chi connectivity index (χ0v) is 84.7. The zero-order chi connectivity index (χ0) is 102. The molecule has 15 aromatic rings. The number of fused-ring (bicyclic) bond motifs is 1. The minimum absolute atomic E-state index is 0.707. The number of nitriles is 7. The summed E-state index contributed by atoms with van der Waals surface area (Å²) in [7, 11) is 6.19. The second-order valence-electron chi connectivity index (χ2n) is 36.0. The number of morpholine rings is 2. The Morgan fingerprint density at radius 3 is 0.897 bits per heavy atom. The standard InChI is InChI=1S/C23H23N3O.C19H22N2.C18H19N3.C18H18N2.C17H16N2O.C17H18N2.C15H14N2/c24-17-21-3-1-2-4-23(21)20-6-5-19-16-22(8-7-18(19)15-20)25-9-10-26-11-13-27-14-12-26;1-3-13-21(14-4-2)18-11-9-16(10-12-18)19-8-6-5-7-17(19)15-20;1-20-10-12-21(13-11-20)17-8-6-15(7-9-17)18-5-3-2-4-16(18)14-19;19-14-16-6-2-3-7-18(16)15-8-10-17(11-9-15)20-12-4-1-5-13-20;18-13-15-3-1-2-4-17(15)14-5-7-16(8-6-14)19-9-11-20-12-10-19;1-3-19(4-2)16-11-9-14(10-12-16)17-8-6-5-7-15(17)13-18;1-17(2)14-9-7-12(8-10-14)15-6-4-3-5-13(15)11-16/h1-8,15-16,25H,9-14H2;5-12H,3-4,13-14H2,1-2H3;2-9H,10-13H2,1H3;2-3,6-11H,1,4-5,12-13H2;1-8H,9-12H2;5-12H,3-4H2,1-2H3;3-10H,1-2H3. The monoisotopic (exact) mass is 1910 g/mol. The number of ether oxygens (including phenoxy) is 2. The molecule has 0 radical (unpaired) electrons. The molecule has 19 rings (SSSR count). The van der Waals surface area contributed by atoms with Crippen LogP contribution in [0.4, 0.5) is 39.8 Å². The Morgan fingerprint density at radius 2 is 0.566 bits per heavy atom. The molecule has 0 aliphatic carbocycles. The smallest absolute Gasteiger partial charge is 0.0998 e. The second-order valence-corrected chi connectivity index (χ2v) is 36.0. The van der Waals surface area contributed by atoms with E-state index in [4.69, 9.17) is 25.3 Å². The van der Waals surface area contributed by atoms with Gasteiger partial charge in [-0.15, -0.1) is 0 Å². The molecule has 4 saturated heterocycles. The lowest BCUT2D eigenvalue weighted by molar-refractivity contribution is 0.0398. The summed E-state index contributed by atoms with van der Waals surface area (Å²) in [5.74, 6) is 0. The Hall–Kier alpha value is -16.6. The number of nitrogens with zero attached hydrogens (tertiary/aromatic N) is 15. The van der Waals surface area contributed by atoms with Crippen molar-refractivity contribution < 1.29 is 9.47 Å². The first kappa shape index (κ1) is 106. The van der Waals surface area contributed by atoms with Crippen molar-refractivity contribution in [1.29, 1.82) is 36.8 Å². The van der Waals surface area contributed by atoms with E-state index in [0.29, 0.717) is 16.7 Å². The van der Waals surface area contributed by atoms with Crippen molar-refractivity contribution in [3.05, 3.63) is 391 Å². The van der Waals surface area contributed by atoms with E-state index in [9.17, 15) is 21.0 Å². The van der Waals surface area contributed by atoms with Crippen molar-refractivity contribution in [2.75, 3.05) is 187 Å². The predicted octanol–water partition coefficient (Wildman–Crippen LogP) is 26.6. The number of piperazine rings is 1. The molecule has 18 nitrogen and oxygen atoms in total. The van der Waals surface area contributed by atoms with E-state index in [1.54, 1.807) is 0 Å². The molecule has 0 atom stereocenters. The molecule has 0 spiro atoms. The van der Waals surface area contributed by atoms with Crippen LogP contribution in [0.5, 0.6) is 0 Å². The highest BCUT2D eigenvalue weighted by Gasteiger charge is 2.20. The van der Waals surface area contributed by atoms with Crippen molar-refractivity contribution in [2.45, 2.75) is 59.8 Å². The van der Waals surface area contributed by atoms with Gasteiger partial charge in [-0.2, -0.15) is 36.8 Å². The number of nitrogens with one attached hydrogen (secondary N) is 1. The van der Waals surface area contributed by atoms with Crippen molar-refractivity contribution in [3.63, 3.8) is 0 Å². The highest BCUT2D eigenvalue weighted by atomic mass is 16.5. The van der Waals surface area contributed by atoms with Gasteiger partial charge in [0.2, 0.25) is 0 Å². The molecule has 15 aromatic carbocycles. The van der Waals surface area contributed by atoms with E-state index in [0.717, 1.165) is 256 Å². The number of anilines is 7. The maximum Gasteiger partial charge on any atom is 0.0998 e. The van der Waals surface area contributed by atoms with E-state index in [-0.39, 0.29) is 0 Å². The average molecular weight is 1910 g/mol. The van der Waals surface area contributed by atoms with Crippen LogP contribution in [0.2, 0.25) is 0 Å². The molecule has 0 bridgehead atoms. The minimum Gasteiger partial charge on any atom is -0.384 e. The van der Waals surface area contributed by atoms with Crippen LogP contribution in [0.1, 0.15) is 98.7 Å². The first-order valence-corrected chi connectivity index (χ1v) is 50.5. The highest BCUT2D eigenvalue weighted by Crippen LogP contribution is 2.36. The van der Waals surface area contributed by atoms with Gasteiger partial charge in [-0.3, -0.25) is 4.90 Å². The summed E-state index contributed by atoms with van der Waals surface area (Å²) >= 11 is 0. The maximum absolute atomic E-state index is 9.34. The SMILES string of the molecule is CCCN(CCC)c1ccc(-c2ccccc2C#N)cc1.CCN(CC)c1ccc(-c2ccccc2C#N)cc1.CN(C)c1ccc(-c2ccccc2C#N)cc1.CN1CCN(c2ccc(-c3ccccc3C#N)cc2)CC1.N#Cc1ccccc1-c1ccc(N2CCCCC2)cc1.N#Cc1ccccc1-c1ccc(N2CCOCC2)cc1.N#Cc1ccccc1-c1ccc2cc(NCCN3CCOCC3)ccc2c1. The van der Waals surface area contributed by atoms with E-state index < -0.39 is 0 Å². The normalized spacial score (nSPS) is 13.0. The molecule has 0 unspecified atom stereocenters. The van der Waals surface area contributed by atoms with Gasteiger partial charge in [0.25, 0.3) is 0 Å². The van der Waals surface area contributed by atoms with Gasteiger partial charge in [0.1, 0.15) is 0 Å². The summed E-state index contributed by atoms with van der Waals surface area (Å²) < 4.78 is 10.8. The number of benzene rings is 15. The largest absolute Gasteiger partial charge is 0.384 e. The van der Waals surface area contributed by atoms with Gasteiger partial charge in [-0.05, 0) is 275 Å². The number of rotatable bonds is 23. The van der Waals surface area contributed by atoms with Crippen LogP contribution in [0.15, 0.2) is 352 Å². The molecule has 18 heteroatoms. The van der Waals surface area contributed by atoms with Crippen LogP contribution >= 0.6 is 0 Å². The fourth-order valence-electron chi connectivity index (χ4n) is 18.3. The van der Waals surface area contributed by atoms with Crippen LogP contribution in [0.3, 0.4) is 0 Å². The van der Waals surface area contributed by atoms with Gasteiger partial charge in [0, 0.05) is 159 Å². The number of piperidine rings is 1. The second kappa shape index (κ2) is 56.2. The van der Waals surface area contributed by atoms with Crippen LogP contribution < -0.4 is 34.7 Å². The lowest BCUT2D eigenvalue weighted by Gasteiger charge is -2.34. The van der Waals surface area contributed by atoms with Crippen molar-refractivity contribution >= 4 is 50.6 Å². The van der Waals surface area contributed by atoms with Crippen molar-refractivity contribution in [3.8, 4) is 120 Å².